The van der Waals surface area contributed by atoms with Gasteiger partial charge in [-0.25, -0.2) is 13.2 Å². The molecule has 1 fully saturated rings. The van der Waals surface area contributed by atoms with Crippen molar-refractivity contribution in [1.82, 2.24) is 9.21 Å². The fraction of sp³-hybridized carbons (Fsp3) is 0.579. The van der Waals surface area contributed by atoms with Crippen molar-refractivity contribution >= 4 is 27.7 Å². The molecule has 1 atom stereocenters. The second kappa shape index (κ2) is 7.04. The van der Waals surface area contributed by atoms with Crippen LogP contribution in [0.5, 0.6) is 0 Å². The summed E-state index contributed by atoms with van der Waals surface area (Å²) in [6.45, 7) is 5.16. The first-order chi connectivity index (χ1) is 13.3. The number of aryl methyl sites for hydroxylation is 1. The van der Waals surface area contributed by atoms with E-state index in [0.29, 0.717) is 39.0 Å². The summed E-state index contributed by atoms with van der Waals surface area (Å²) in [6.07, 6.45) is 1.26. The number of piperazine rings is 1. The monoisotopic (exact) mass is 407 g/mol. The molecule has 0 radical (unpaired) electrons. The third kappa shape index (κ3) is 3.06. The van der Waals surface area contributed by atoms with E-state index in [-0.39, 0.29) is 29.9 Å². The molecule has 0 bridgehead atoms. The Hall–Kier alpha value is -2.13. The summed E-state index contributed by atoms with van der Waals surface area (Å²) in [5.74, 6) is 0.115. The molecular weight excluding hydrogens is 382 g/mol. The van der Waals surface area contributed by atoms with Gasteiger partial charge in [0.2, 0.25) is 15.9 Å². The van der Waals surface area contributed by atoms with Crippen LogP contribution in [0.1, 0.15) is 31.4 Å². The summed E-state index contributed by atoms with van der Waals surface area (Å²) in [6, 6.07) is 3.51. The first-order valence-electron chi connectivity index (χ1n) is 9.72. The van der Waals surface area contributed by atoms with E-state index >= 15 is 0 Å². The summed E-state index contributed by atoms with van der Waals surface area (Å²) in [7, 11) is -3.65. The molecule has 4 rings (SSSR count). The van der Waals surface area contributed by atoms with Gasteiger partial charge in [0.05, 0.1) is 17.2 Å². The van der Waals surface area contributed by atoms with Gasteiger partial charge in [0.1, 0.15) is 0 Å². The van der Waals surface area contributed by atoms with Gasteiger partial charge in [0.15, 0.2) is 0 Å². The number of hydrogen-bond donors (Lipinski definition) is 0. The molecule has 8 nitrogen and oxygen atoms in total. The number of sulfonamides is 1. The normalized spacial score (nSPS) is 22.4. The van der Waals surface area contributed by atoms with E-state index in [9.17, 15) is 18.0 Å². The van der Waals surface area contributed by atoms with E-state index in [1.54, 1.807) is 19.1 Å². The Bertz CT molecular complexity index is 922. The van der Waals surface area contributed by atoms with Gasteiger partial charge in [-0.1, -0.05) is 0 Å². The minimum Gasteiger partial charge on any atom is -0.450 e. The van der Waals surface area contributed by atoms with Crippen LogP contribution in [0, 0.1) is 0 Å². The Labute approximate surface area is 165 Å². The van der Waals surface area contributed by atoms with Crippen LogP contribution in [0.4, 0.5) is 10.5 Å². The zero-order valence-corrected chi connectivity index (χ0v) is 17.0. The average Bonchev–Trinajstić information content (AvgIpc) is 3.02. The minimum absolute atomic E-state index is 0.0626. The number of benzene rings is 1. The van der Waals surface area contributed by atoms with Gasteiger partial charge in [-0.3, -0.25) is 4.79 Å². The molecular formula is C19H25N3O5S. The average molecular weight is 407 g/mol. The Morgan fingerprint density at radius 1 is 1.14 bits per heavy atom. The maximum Gasteiger partial charge on any atom is 0.409 e. The van der Waals surface area contributed by atoms with Crippen molar-refractivity contribution in [2.45, 2.75) is 44.0 Å². The van der Waals surface area contributed by atoms with E-state index in [1.807, 2.05) is 11.8 Å². The summed E-state index contributed by atoms with van der Waals surface area (Å²) < 4.78 is 32.8. The van der Waals surface area contributed by atoms with Crippen molar-refractivity contribution in [3.63, 3.8) is 0 Å². The van der Waals surface area contributed by atoms with Gasteiger partial charge < -0.3 is 14.5 Å². The van der Waals surface area contributed by atoms with Gasteiger partial charge in [0, 0.05) is 38.6 Å². The number of rotatable bonds is 3. The summed E-state index contributed by atoms with van der Waals surface area (Å²) in [5.41, 5.74) is 2.78. The fourth-order valence-corrected chi connectivity index (χ4v) is 5.89. The van der Waals surface area contributed by atoms with Crippen molar-refractivity contribution in [1.29, 1.82) is 0 Å². The second-order valence-corrected chi connectivity index (χ2v) is 9.44. The Morgan fingerprint density at radius 3 is 2.50 bits per heavy atom. The highest BCUT2D eigenvalue weighted by Crippen LogP contribution is 2.41. The molecule has 2 amide bonds. The number of nitrogens with zero attached hydrogens (tertiary/aromatic N) is 3. The molecule has 0 saturated carbocycles. The molecule has 0 aromatic heterocycles. The quantitative estimate of drug-likeness (QED) is 0.755. The number of carbonyl (C=O) groups excluding carboxylic acids is 2. The van der Waals surface area contributed by atoms with E-state index in [4.69, 9.17) is 4.74 Å². The Balaban J connectivity index is 1.58. The fourth-order valence-electron chi connectivity index (χ4n) is 4.37. The number of carbonyl (C=O) groups is 2. The van der Waals surface area contributed by atoms with Crippen LogP contribution >= 0.6 is 0 Å². The lowest BCUT2D eigenvalue weighted by Crippen LogP contribution is -2.50. The van der Waals surface area contributed by atoms with E-state index in [1.165, 1.54) is 9.21 Å². The van der Waals surface area contributed by atoms with Crippen LogP contribution < -0.4 is 4.90 Å². The number of hydrogen-bond acceptors (Lipinski definition) is 5. The third-order valence-corrected chi connectivity index (χ3v) is 7.59. The van der Waals surface area contributed by atoms with Crippen molar-refractivity contribution in [3.8, 4) is 0 Å². The summed E-state index contributed by atoms with van der Waals surface area (Å²) in [5, 5.41) is 0. The molecule has 0 N–H and O–H groups in total. The lowest BCUT2D eigenvalue weighted by atomic mass is 10.00. The van der Waals surface area contributed by atoms with E-state index in [2.05, 4.69) is 0 Å². The van der Waals surface area contributed by atoms with Crippen LogP contribution in [0.2, 0.25) is 0 Å². The lowest BCUT2D eigenvalue weighted by molar-refractivity contribution is -0.119. The number of ether oxygens (including phenoxy) is 1. The topological polar surface area (TPSA) is 87.2 Å². The standard InChI is InChI=1S/C19H25N3O5S/c1-3-27-19(24)20-6-8-21(9-7-20)28(25,26)16-11-14-4-5-17(23)22-13(2)10-15(12-16)18(14)22/h11-13H,3-10H2,1-2H3/t13-/m1/s1. The number of anilines is 1. The summed E-state index contributed by atoms with van der Waals surface area (Å²) in [4.78, 5) is 27.7. The van der Waals surface area contributed by atoms with Crippen LogP contribution in [0.3, 0.4) is 0 Å². The molecule has 28 heavy (non-hydrogen) atoms. The predicted molar refractivity (Wildman–Crippen MR) is 103 cm³/mol. The molecule has 0 spiro atoms. The first-order valence-corrected chi connectivity index (χ1v) is 11.2. The summed E-state index contributed by atoms with van der Waals surface area (Å²) >= 11 is 0. The SMILES string of the molecule is CCOC(=O)N1CCN(S(=O)(=O)c2cc3c4c(c2)C[C@@H](C)N4C(=O)CC3)CC1. The van der Waals surface area contributed by atoms with Crippen molar-refractivity contribution in [3.05, 3.63) is 23.3 Å². The zero-order valence-electron chi connectivity index (χ0n) is 16.2. The minimum atomic E-state index is -3.65. The van der Waals surface area contributed by atoms with Gasteiger partial charge >= 0.3 is 6.09 Å². The molecule has 0 aliphatic carbocycles. The molecule has 3 aliphatic rings. The molecule has 1 saturated heterocycles. The molecule has 152 valence electrons. The van der Waals surface area contributed by atoms with Crippen LogP contribution in [0.15, 0.2) is 17.0 Å². The van der Waals surface area contributed by atoms with Gasteiger partial charge in [-0.05, 0) is 49.9 Å². The highest BCUT2D eigenvalue weighted by Gasteiger charge is 2.38. The molecule has 1 aromatic carbocycles. The van der Waals surface area contributed by atoms with E-state index < -0.39 is 16.1 Å². The first kappa shape index (κ1) is 19.2. The van der Waals surface area contributed by atoms with E-state index in [0.717, 1.165) is 16.8 Å². The van der Waals surface area contributed by atoms with Crippen LogP contribution in [-0.4, -0.2) is 68.5 Å². The molecule has 0 unspecified atom stereocenters. The zero-order chi connectivity index (χ0) is 20.1. The molecule has 1 aromatic rings. The highest BCUT2D eigenvalue weighted by atomic mass is 32.2. The predicted octanol–water partition coefficient (Wildman–Crippen LogP) is 1.37. The van der Waals surface area contributed by atoms with Crippen molar-refractivity contribution in [2.75, 3.05) is 37.7 Å². The largest absolute Gasteiger partial charge is 0.450 e. The van der Waals surface area contributed by atoms with Gasteiger partial charge in [-0.2, -0.15) is 4.31 Å². The maximum absolute atomic E-state index is 13.2. The Kier molecular flexibility index (Phi) is 4.83. The van der Waals surface area contributed by atoms with Crippen LogP contribution in [-0.2, 0) is 32.4 Å². The second-order valence-electron chi connectivity index (χ2n) is 7.50. The number of amides is 2. The van der Waals surface area contributed by atoms with Gasteiger partial charge in [-0.15, -0.1) is 0 Å². The van der Waals surface area contributed by atoms with Crippen molar-refractivity contribution in [2.24, 2.45) is 0 Å². The molecule has 3 aliphatic heterocycles. The Morgan fingerprint density at radius 2 is 1.82 bits per heavy atom. The van der Waals surface area contributed by atoms with Crippen LogP contribution in [0.25, 0.3) is 0 Å². The van der Waals surface area contributed by atoms with Crippen molar-refractivity contribution < 1.29 is 22.7 Å². The van der Waals surface area contributed by atoms with Gasteiger partial charge in [0.25, 0.3) is 0 Å². The smallest absolute Gasteiger partial charge is 0.409 e. The highest BCUT2D eigenvalue weighted by molar-refractivity contribution is 7.89. The maximum atomic E-state index is 13.2. The molecule has 9 heteroatoms. The third-order valence-electron chi connectivity index (χ3n) is 5.72. The lowest BCUT2D eigenvalue weighted by Gasteiger charge is -2.33. The molecule has 3 heterocycles.